The normalized spacial score (nSPS) is 18.4. The summed E-state index contributed by atoms with van der Waals surface area (Å²) in [5.41, 5.74) is 0.465. The lowest BCUT2D eigenvalue weighted by Gasteiger charge is -2.18. The molecule has 0 aromatic heterocycles. The zero-order chi connectivity index (χ0) is 10.3. The minimum atomic E-state index is -3.84. The maximum atomic E-state index is 13.2. The molecule has 0 atom stereocenters. The molecule has 1 aliphatic rings. The summed E-state index contributed by atoms with van der Waals surface area (Å²) >= 11 is 3.10. The molecule has 0 fully saturated rings. The Bertz CT molecular complexity index is 488. The molecule has 1 aromatic rings. The fourth-order valence-corrected chi connectivity index (χ4v) is 2.42. The number of hydrogen-bond donors (Lipinski definition) is 1. The molecule has 0 saturated heterocycles. The molecular formula is C7H5BrFNO3S. The van der Waals surface area contributed by atoms with Crippen LogP contribution in [0.4, 0.5) is 4.39 Å². The maximum absolute atomic E-state index is 13.2. The average molecular weight is 282 g/mol. The highest BCUT2D eigenvalue weighted by molar-refractivity contribution is 9.10. The molecule has 0 radical (unpaired) electrons. The number of nitrogens with one attached hydrogen (secondary N) is 1. The predicted molar refractivity (Wildman–Crippen MR) is 50.5 cm³/mol. The Morgan fingerprint density at radius 1 is 1.50 bits per heavy atom. The summed E-state index contributed by atoms with van der Waals surface area (Å²) in [7, 11) is -3.84. The van der Waals surface area contributed by atoms with Crippen molar-refractivity contribution in [2.75, 3.05) is 0 Å². The van der Waals surface area contributed by atoms with Crippen molar-refractivity contribution in [1.29, 1.82) is 0 Å². The van der Waals surface area contributed by atoms with Crippen LogP contribution in [0.25, 0.3) is 0 Å². The topological polar surface area (TPSA) is 55.4 Å². The molecule has 0 spiro atoms. The molecule has 0 aliphatic carbocycles. The van der Waals surface area contributed by atoms with Gasteiger partial charge < -0.3 is 4.18 Å². The monoisotopic (exact) mass is 281 g/mol. The average Bonchev–Trinajstić information content (AvgIpc) is 2.06. The maximum Gasteiger partial charge on any atom is 0.383 e. The second kappa shape index (κ2) is 3.18. The van der Waals surface area contributed by atoms with Crippen molar-refractivity contribution < 1.29 is 17.0 Å². The summed E-state index contributed by atoms with van der Waals surface area (Å²) in [6.45, 7) is 0.0357. The van der Waals surface area contributed by atoms with Crippen LogP contribution in [0.5, 0.6) is 5.75 Å². The van der Waals surface area contributed by atoms with Crippen LogP contribution in [-0.2, 0) is 16.8 Å². The van der Waals surface area contributed by atoms with E-state index in [0.717, 1.165) is 6.07 Å². The number of halogens is 2. The van der Waals surface area contributed by atoms with Gasteiger partial charge in [-0.25, -0.2) is 4.39 Å². The van der Waals surface area contributed by atoms with Gasteiger partial charge in [-0.2, -0.15) is 13.1 Å². The lowest BCUT2D eigenvalue weighted by molar-refractivity contribution is 0.431. The van der Waals surface area contributed by atoms with Crippen molar-refractivity contribution in [2.24, 2.45) is 0 Å². The Hall–Kier alpha value is -0.660. The summed E-state index contributed by atoms with van der Waals surface area (Å²) in [6, 6.07) is 2.75. The molecule has 1 N–H and O–H groups in total. The fraction of sp³-hybridized carbons (Fsp3) is 0.143. The molecule has 0 amide bonds. The van der Waals surface area contributed by atoms with Gasteiger partial charge in [-0.05, 0) is 12.1 Å². The van der Waals surface area contributed by atoms with Gasteiger partial charge in [0.1, 0.15) is 0 Å². The SMILES string of the molecule is O=S1(=O)NCc2cc(Br)cc(F)c2O1. The highest BCUT2D eigenvalue weighted by Gasteiger charge is 2.25. The van der Waals surface area contributed by atoms with Crippen LogP contribution in [0.2, 0.25) is 0 Å². The lowest BCUT2D eigenvalue weighted by Crippen LogP contribution is -2.32. The Morgan fingerprint density at radius 3 is 2.93 bits per heavy atom. The van der Waals surface area contributed by atoms with Crippen LogP contribution < -0.4 is 8.91 Å². The summed E-state index contributed by atoms with van der Waals surface area (Å²) in [5, 5.41) is 0. The van der Waals surface area contributed by atoms with E-state index in [-0.39, 0.29) is 12.3 Å². The molecule has 1 aliphatic heterocycles. The molecule has 7 heteroatoms. The van der Waals surface area contributed by atoms with Crippen LogP contribution in [0.3, 0.4) is 0 Å². The second-order valence-electron chi connectivity index (χ2n) is 2.73. The molecular weight excluding hydrogens is 277 g/mol. The van der Waals surface area contributed by atoms with Crippen molar-refractivity contribution in [2.45, 2.75) is 6.54 Å². The first-order chi connectivity index (χ1) is 6.48. The van der Waals surface area contributed by atoms with Crippen LogP contribution in [0.15, 0.2) is 16.6 Å². The zero-order valence-electron chi connectivity index (χ0n) is 6.75. The molecule has 1 aromatic carbocycles. The summed E-state index contributed by atoms with van der Waals surface area (Å²) in [4.78, 5) is 0. The van der Waals surface area contributed by atoms with Gasteiger partial charge >= 0.3 is 10.3 Å². The summed E-state index contributed by atoms with van der Waals surface area (Å²) < 4.78 is 42.2. The van der Waals surface area contributed by atoms with E-state index in [1.807, 2.05) is 0 Å². The van der Waals surface area contributed by atoms with Gasteiger partial charge in [-0.15, -0.1) is 0 Å². The fourth-order valence-electron chi connectivity index (χ4n) is 1.14. The summed E-state index contributed by atoms with van der Waals surface area (Å²) in [5.74, 6) is -0.925. The van der Waals surface area contributed by atoms with Crippen molar-refractivity contribution in [3.05, 3.63) is 28.0 Å². The molecule has 0 unspecified atom stereocenters. The van der Waals surface area contributed by atoms with Crippen molar-refractivity contribution in [3.63, 3.8) is 0 Å². The van der Waals surface area contributed by atoms with E-state index in [1.54, 1.807) is 6.07 Å². The van der Waals surface area contributed by atoms with Gasteiger partial charge in [-0.1, -0.05) is 15.9 Å². The predicted octanol–water partition coefficient (Wildman–Crippen LogP) is 1.31. The summed E-state index contributed by atoms with van der Waals surface area (Å²) in [6.07, 6.45) is 0. The van der Waals surface area contributed by atoms with Crippen molar-refractivity contribution in [3.8, 4) is 5.75 Å². The molecule has 4 nitrogen and oxygen atoms in total. The Morgan fingerprint density at radius 2 is 2.21 bits per heavy atom. The molecule has 2 rings (SSSR count). The van der Waals surface area contributed by atoms with Gasteiger partial charge in [0.2, 0.25) is 0 Å². The van der Waals surface area contributed by atoms with Gasteiger partial charge in [0, 0.05) is 16.6 Å². The number of fused-ring (bicyclic) bond motifs is 1. The minimum Gasteiger partial charge on any atom is -0.367 e. The van der Waals surface area contributed by atoms with Gasteiger partial charge in [0.05, 0.1) is 0 Å². The third kappa shape index (κ3) is 1.75. The third-order valence-corrected chi connectivity index (χ3v) is 3.06. The first-order valence-corrected chi connectivity index (χ1v) is 5.85. The van der Waals surface area contributed by atoms with E-state index in [4.69, 9.17) is 0 Å². The standard InChI is InChI=1S/C7H5BrFNO3S/c8-5-1-4-3-10-14(11,12)13-7(4)6(9)2-5/h1-2,10H,3H2. The van der Waals surface area contributed by atoms with Crippen molar-refractivity contribution >= 4 is 26.2 Å². The van der Waals surface area contributed by atoms with Gasteiger partial charge in [0.25, 0.3) is 0 Å². The minimum absolute atomic E-state index is 0.0357. The Balaban J connectivity index is 2.58. The van der Waals surface area contributed by atoms with Gasteiger partial charge in [0.15, 0.2) is 11.6 Å². The van der Waals surface area contributed by atoms with Crippen LogP contribution in [-0.4, -0.2) is 8.42 Å². The van der Waals surface area contributed by atoms with E-state index >= 15 is 0 Å². The molecule has 0 saturated carbocycles. The smallest absolute Gasteiger partial charge is 0.367 e. The van der Waals surface area contributed by atoms with Crippen LogP contribution in [0.1, 0.15) is 5.56 Å². The van der Waals surface area contributed by atoms with E-state index < -0.39 is 16.1 Å². The number of benzene rings is 1. The molecule has 76 valence electrons. The zero-order valence-corrected chi connectivity index (χ0v) is 9.15. The van der Waals surface area contributed by atoms with E-state index in [2.05, 4.69) is 24.8 Å². The van der Waals surface area contributed by atoms with E-state index in [1.165, 1.54) is 0 Å². The highest BCUT2D eigenvalue weighted by Crippen LogP contribution is 2.30. The molecule has 14 heavy (non-hydrogen) atoms. The Kier molecular flexibility index (Phi) is 2.24. The van der Waals surface area contributed by atoms with Crippen molar-refractivity contribution in [1.82, 2.24) is 4.72 Å². The number of hydrogen-bond acceptors (Lipinski definition) is 3. The first kappa shape index (κ1) is 9.88. The van der Waals surface area contributed by atoms with Crippen LogP contribution >= 0.6 is 15.9 Å². The van der Waals surface area contributed by atoms with Gasteiger partial charge in [-0.3, -0.25) is 0 Å². The molecule has 1 heterocycles. The third-order valence-electron chi connectivity index (χ3n) is 1.72. The second-order valence-corrected chi connectivity index (χ2v) is 5.01. The largest absolute Gasteiger partial charge is 0.383 e. The number of rotatable bonds is 0. The molecule has 0 bridgehead atoms. The lowest BCUT2D eigenvalue weighted by atomic mass is 10.2. The highest BCUT2D eigenvalue weighted by atomic mass is 79.9. The van der Waals surface area contributed by atoms with Crippen LogP contribution in [0, 0.1) is 5.82 Å². The van der Waals surface area contributed by atoms with E-state index in [0.29, 0.717) is 10.0 Å². The first-order valence-electron chi connectivity index (χ1n) is 3.65. The van der Waals surface area contributed by atoms with E-state index in [9.17, 15) is 12.8 Å². The quantitative estimate of drug-likeness (QED) is 0.780. The Labute approximate surface area is 88.5 Å².